The molecule has 2 aromatic heterocycles. The van der Waals surface area contributed by atoms with Crippen LogP contribution in [0, 0.1) is 0 Å². The maximum Gasteiger partial charge on any atom is 0.490 e. The van der Waals surface area contributed by atoms with Gasteiger partial charge < -0.3 is 35.4 Å². The Morgan fingerprint density at radius 3 is 2.30 bits per heavy atom. The molecule has 3 unspecified atom stereocenters. The van der Waals surface area contributed by atoms with Crippen LogP contribution in [0.3, 0.4) is 0 Å². The van der Waals surface area contributed by atoms with E-state index < -0.39 is 54.6 Å². The second-order valence-corrected chi connectivity index (χ2v) is 11.0. The number of hydrogen-bond donors (Lipinski definition) is 6. The number of aliphatic hydroxyl groups excluding tert-OH is 2. The van der Waals surface area contributed by atoms with Crippen LogP contribution in [0.1, 0.15) is 13.2 Å². The number of fused-ring (bicyclic) bond motifs is 1. The minimum atomic E-state index is -5.61. The molecule has 1 aliphatic heterocycles. The molecule has 0 bridgehead atoms. The number of aromatic nitrogens is 4. The summed E-state index contributed by atoms with van der Waals surface area (Å²) in [5, 5.41) is 20.5. The number of imidazole rings is 1. The van der Waals surface area contributed by atoms with E-state index in [2.05, 4.69) is 32.6 Å². The van der Waals surface area contributed by atoms with Crippen LogP contribution >= 0.6 is 23.5 Å². The van der Waals surface area contributed by atoms with Crippen LogP contribution in [0.25, 0.3) is 11.2 Å². The molecule has 3 rings (SSSR count). The highest BCUT2D eigenvalue weighted by Gasteiger charge is 2.47. The van der Waals surface area contributed by atoms with Crippen LogP contribution in [0.4, 0.5) is 5.82 Å². The summed E-state index contributed by atoms with van der Waals surface area (Å²) in [7, 11) is -16.1. The first-order valence-corrected chi connectivity index (χ1v) is 13.4. The van der Waals surface area contributed by atoms with Crippen molar-refractivity contribution in [3.63, 3.8) is 0 Å². The first-order valence-electron chi connectivity index (χ1n) is 8.90. The Kier molecular flexibility index (Phi) is 7.73. The Morgan fingerprint density at radius 1 is 1.03 bits per heavy atom. The lowest BCUT2D eigenvalue weighted by atomic mass is 10.1. The molecule has 18 nitrogen and oxygen atoms in total. The van der Waals surface area contributed by atoms with Gasteiger partial charge in [0.1, 0.15) is 30.2 Å². The zero-order valence-electron chi connectivity index (χ0n) is 16.6. The lowest BCUT2D eigenvalue weighted by Crippen LogP contribution is -2.33. The van der Waals surface area contributed by atoms with Crippen molar-refractivity contribution in [3.8, 4) is 0 Å². The molecule has 1 aliphatic rings. The van der Waals surface area contributed by atoms with Gasteiger partial charge in [-0.05, 0) is 6.92 Å². The molecule has 0 saturated carbocycles. The van der Waals surface area contributed by atoms with Gasteiger partial charge in [-0.3, -0.25) is 13.6 Å². The van der Waals surface area contributed by atoms with Crippen LogP contribution in [0.5, 0.6) is 0 Å². The zero-order chi connectivity index (χ0) is 24.6. The summed E-state index contributed by atoms with van der Waals surface area (Å²) < 4.78 is 58.3. The Hall–Kier alpha value is -1.36. The number of nitrogens with two attached hydrogens (primary N) is 1. The maximum atomic E-state index is 12.0. The molecule has 3 heterocycles. The normalized spacial score (nSPS) is 28.9. The molecule has 186 valence electrons. The van der Waals surface area contributed by atoms with Crippen molar-refractivity contribution in [3.05, 3.63) is 12.7 Å². The fourth-order valence-electron chi connectivity index (χ4n) is 2.81. The van der Waals surface area contributed by atoms with Crippen LogP contribution in [0.15, 0.2) is 12.7 Å². The first kappa shape index (κ1) is 26.2. The van der Waals surface area contributed by atoms with E-state index in [1.165, 1.54) is 17.8 Å². The molecule has 33 heavy (non-hydrogen) atoms. The van der Waals surface area contributed by atoms with E-state index in [1.807, 2.05) is 0 Å². The number of nitrogen functional groups attached to an aromatic ring is 1. The molecule has 2 aromatic rings. The Balaban J connectivity index is 1.66. The summed E-state index contributed by atoms with van der Waals surface area (Å²) in [6.45, 7) is -0.0285. The average Bonchev–Trinajstić information content (AvgIpc) is 3.21. The van der Waals surface area contributed by atoms with Crippen LogP contribution in [0.2, 0.25) is 0 Å². The van der Waals surface area contributed by atoms with Gasteiger partial charge in [-0.15, -0.1) is 0 Å². The van der Waals surface area contributed by atoms with Gasteiger partial charge in [-0.25, -0.2) is 28.6 Å². The number of nitrogens with zero attached hydrogens (tertiary/aromatic N) is 4. The molecule has 7 N–H and O–H groups in total. The number of ether oxygens (including phenoxy) is 1. The monoisotopic (exact) mass is 535 g/mol. The van der Waals surface area contributed by atoms with Gasteiger partial charge in [0.05, 0.1) is 19.5 Å². The molecule has 1 saturated heterocycles. The van der Waals surface area contributed by atoms with E-state index in [0.29, 0.717) is 0 Å². The van der Waals surface area contributed by atoms with Gasteiger partial charge >= 0.3 is 23.5 Å². The quantitative estimate of drug-likeness (QED) is 0.208. The second kappa shape index (κ2) is 9.71. The Labute approximate surface area is 184 Å². The van der Waals surface area contributed by atoms with E-state index in [9.17, 15) is 38.6 Å². The summed E-state index contributed by atoms with van der Waals surface area (Å²) in [5.41, 5.74) is 6.05. The SMILES string of the molecule is CCOP(=O)(O)OP(=O)(O)OP(=O)(O)OC[C@H]1O[C@@H](n2cnc3c(N)ncnc32)[C@H](O)[C@@H]1O. The summed E-state index contributed by atoms with van der Waals surface area (Å²) in [4.78, 5) is 40.0. The Bertz CT molecular complexity index is 1150. The molecule has 0 aromatic carbocycles. The van der Waals surface area contributed by atoms with E-state index in [1.54, 1.807) is 0 Å². The highest BCUT2D eigenvalue weighted by molar-refractivity contribution is 7.66. The largest absolute Gasteiger partial charge is 0.490 e. The number of rotatable bonds is 10. The van der Waals surface area contributed by atoms with Gasteiger partial charge in [-0.2, -0.15) is 8.62 Å². The number of anilines is 1. The molecular weight excluding hydrogens is 515 g/mol. The summed E-state index contributed by atoms with van der Waals surface area (Å²) in [6, 6.07) is 0. The van der Waals surface area contributed by atoms with E-state index in [0.717, 1.165) is 6.33 Å². The third kappa shape index (κ3) is 6.21. The number of aliphatic hydroxyl groups is 2. The molecule has 21 heteroatoms. The molecular formula is C12H20N5O13P3. The minimum absolute atomic E-state index is 0.0532. The van der Waals surface area contributed by atoms with Crippen molar-refractivity contribution in [2.45, 2.75) is 31.5 Å². The van der Waals surface area contributed by atoms with Gasteiger partial charge in [0.15, 0.2) is 17.7 Å². The lowest BCUT2D eigenvalue weighted by molar-refractivity contribution is -0.0503. The van der Waals surface area contributed by atoms with E-state index >= 15 is 0 Å². The van der Waals surface area contributed by atoms with Gasteiger partial charge in [-0.1, -0.05) is 0 Å². The highest BCUT2D eigenvalue weighted by Crippen LogP contribution is 2.67. The fourth-order valence-corrected chi connectivity index (χ4v) is 6.32. The van der Waals surface area contributed by atoms with Crippen LogP contribution in [-0.2, 0) is 36.1 Å². The second-order valence-electron chi connectivity index (χ2n) is 6.41. The predicted octanol–water partition coefficient (Wildman–Crippen LogP) is -0.585. The molecule has 7 atom stereocenters. The first-order chi connectivity index (χ1) is 15.3. The molecule has 1 fully saturated rings. The van der Waals surface area contributed by atoms with Crippen LogP contribution < -0.4 is 5.73 Å². The van der Waals surface area contributed by atoms with Crippen molar-refractivity contribution in [1.29, 1.82) is 0 Å². The van der Waals surface area contributed by atoms with Crippen LogP contribution in [-0.4, -0.2) is 75.9 Å². The molecule has 0 spiro atoms. The third-order valence-corrected chi connectivity index (χ3v) is 8.47. The van der Waals surface area contributed by atoms with E-state index in [4.69, 9.17) is 10.5 Å². The summed E-state index contributed by atoms with van der Waals surface area (Å²) in [5.74, 6) is 0.0532. The zero-order valence-corrected chi connectivity index (χ0v) is 19.3. The molecule has 0 aliphatic carbocycles. The van der Waals surface area contributed by atoms with Gasteiger partial charge in [0.2, 0.25) is 0 Å². The van der Waals surface area contributed by atoms with Crippen molar-refractivity contribution < 1.29 is 61.0 Å². The number of hydrogen-bond acceptors (Lipinski definition) is 14. The van der Waals surface area contributed by atoms with Crippen molar-refractivity contribution >= 4 is 40.4 Å². The van der Waals surface area contributed by atoms with Gasteiger partial charge in [0.25, 0.3) is 0 Å². The summed E-state index contributed by atoms with van der Waals surface area (Å²) >= 11 is 0. The minimum Gasteiger partial charge on any atom is -0.387 e. The van der Waals surface area contributed by atoms with Crippen molar-refractivity contribution in [1.82, 2.24) is 19.5 Å². The number of phosphoric acid groups is 3. The van der Waals surface area contributed by atoms with Crippen molar-refractivity contribution in [2.75, 3.05) is 18.9 Å². The third-order valence-electron chi connectivity index (χ3n) is 4.11. The topological polar surface area (TPSA) is 268 Å². The van der Waals surface area contributed by atoms with Gasteiger partial charge in [0, 0.05) is 0 Å². The fraction of sp³-hybridized carbons (Fsp3) is 0.583. The van der Waals surface area contributed by atoms with Crippen molar-refractivity contribution in [2.24, 2.45) is 0 Å². The lowest BCUT2D eigenvalue weighted by Gasteiger charge is -2.20. The van der Waals surface area contributed by atoms with E-state index in [-0.39, 0.29) is 23.6 Å². The smallest absolute Gasteiger partial charge is 0.387 e. The number of phosphoric ester groups is 2. The summed E-state index contributed by atoms with van der Waals surface area (Å²) in [6.07, 6.45) is -3.59. The molecule has 0 radical (unpaired) electrons. The Morgan fingerprint density at radius 2 is 1.67 bits per heavy atom. The standard InChI is InChI=1S/C12H20N5O13P3/c1-2-26-31(20,21)29-33(24,25)30-32(22,23)27-3-6-8(18)9(19)12(28-6)17-5-16-7-10(13)14-4-15-11(7)17/h4-6,8-9,12,18-19H,2-3H2,1H3,(H,20,21)(H,22,23)(H,24,25)(H2,13,14,15)/t6-,8-,9-,12-/m1/s1. The maximum absolute atomic E-state index is 12.0. The molecule has 0 amide bonds. The highest BCUT2D eigenvalue weighted by atomic mass is 31.3. The average molecular weight is 535 g/mol. The predicted molar refractivity (Wildman–Crippen MR) is 105 cm³/mol.